The predicted molar refractivity (Wildman–Crippen MR) is 77.9 cm³/mol. The van der Waals surface area contributed by atoms with Crippen LogP contribution in [0.3, 0.4) is 0 Å². The summed E-state index contributed by atoms with van der Waals surface area (Å²) in [4.78, 5) is 0.330. The molecule has 0 atom stereocenters. The molecule has 1 aromatic carbocycles. The summed E-state index contributed by atoms with van der Waals surface area (Å²) in [5.41, 5.74) is 0.765. The van der Waals surface area contributed by atoms with Crippen molar-refractivity contribution in [2.45, 2.75) is 24.3 Å². The molecular weight excluding hydrogens is 276 g/mol. The van der Waals surface area contributed by atoms with Gasteiger partial charge in [0.2, 0.25) is 10.0 Å². The summed E-state index contributed by atoms with van der Waals surface area (Å²) in [6.45, 7) is 2.00. The lowest BCUT2D eigenvalue weighted by atomic mass is 10.2. The summed E-state index contributed by atoms with van der Waals surface area (Å²) in [5.74, 6) is 0.697. The lowest BCUT2D eigenvalue weighted by molar-refractivity contribution is 0.129. The molecule has 0 radical (unpaired) electrons. The SMILES string of the molecule is CNCc1ccccc1S(=O)(=O)NCCOCC1CC1. The van der Waals surface area contributed by atoms with Gasteiger partial charge in [-0.2, -0.15) is 0 Å². The molecule has 1 fully saturated rings. The van der Waals surface area contributed by atoms with Gasteiger partial charge in [0.15, 0.2) is 0 Å². The zero-order valence-electron chi connectivity index (χ0n) is 11.8. The highest BCUT2D eigenvalue weighted by molar-refractivity contribution is 7.89. The summed E-state index contributed by atoms with van der Waals surface area (Å²) < 4.78 is 32.5. The Morgan fingerprint density at radius 2 is 2.05 bits per heavy atom. The van der Waals surface area contributed by atoms with Crippen LogP contribution in [-0.4, -0.2) is 35.2 Å². The largest absolute Gasteiger partial charge is 0.380 e. The Hall–Kier alpha value is -0.950. The number of benzene rings is 1. The number of hydrogen-bond donors (Lipinski definition) is 2. The van der Waals surface area contributed by atoms with E-state index < -0.39 is 10.0 Å². The summed E-state index contributed by atoms with van der Waals surface area (Å²) in [6, 6.07) is 7.01. The maximum absolute atomic E-state index is 12.2. The Bertz CT molecular complexity index is 527. The molecule has 1 aromatic rings. The first-order valence-electron chi connectivity index (χ1n) is 6.93. The van der Waals surface area contributed by atoms with Crippen molar-refractivity contribution in [2.24, 2.45) is 5.92 Å². The van der Waals surface area contributed by atoms with E-state index in [0.29, 0.717) is 30.5 Å². The molecule has 0 spiro atoms. The zero-order valence-corrected chi connectivity index (χ0v) is 12.6. The molecule has 6 heteroatoms. The van der Waals surface area contributed by atoms with E-state index in [1.165, 1.54) is 12.8 Å². The van der Waals surface area contributed by atoms with Gasteiger partial charge in [-0.15, -0.1) is 0 Å². The normalized spacial score (nSPS) is 15.4. The molecule has 112 valence electrons. The first-order valence-corrected chi connectivity index (χ1v) is 8.41. The average molecular weight is 298 g/mol. The minimum atomic E-state index is -3.47. The first-order chi connectivity index (χ1) is 9.63. The lowest BCUT2D eigenvalue weighted by Crippen LogP contribution is -2.29. The van der Waals surface area contributed by atoms with Crippen LogP contribution >= 0.6 is 0 Å². The number of hydrogen-bond acceptors (Lipinski definition) is 4. The van der Waals surface area contributed by atoms with E-state index in [2.05, 4.69) is 10.0 Å². The highest BCUT2D eigenvalue weighted by atomic mass is 32.2. The molecule has 0 amide bonds. The van der Waals surface area contributed by atoms with Crippen LogP contribution in [0.4, 0.5) is 0 Å². The molecule has 0 unspecified atom stereocenters. The Labute approximate surface area is 120 Å². The van der Waals surface area contributed by atoms with Gasteiger partial charge in [-0.05, 0) is 37.4 Å². The lowest BCUT2D eigenvalue weighted by Gasteiger charge is -2.11. The fourth-order valence-corrected chi connectivity index (χ4v) is 3.21. The molecule has 1 aliphatic carbocycles. The van der Waals surface area contributed by atoms with E-state index in [0.717, 1.165) is 12.2 Å². The third-order valence-electron chi connectivity index (χ3n) is 3.22. The highest BCUT2D eigenvalue weighted by Gasteiger charge is 2.21. The Morgan fingerprint density at radius 3 is 2.75 bits per heavy atom. The third-order valence-corrected chi connectivity index (χ3v) is 4.78. The summed E-state index contributed by atoms with van der Waals surface area (Å²) in [7, 11) is -1.67. The molecule has 0 saturated heterocycles. The van der Waals surface area contributed by atoms with Crippen LogP contribution in [-0.2, 0) is 21.3 Å². The topological polar surface area (TPSA) is 67.4 Å². The van der Waals surface area contributed by atoms with Crippen LogP contribution in [0.5, 0.6) is 0 Å². The fourth-order valence-electron chi connectivity index (χ4n) is 1.96. The molecule has 5 nitrogen and oxygen atoms in total. The number of rotatable bonds is 9. The van der Waals surface area contributed by atoms with Crippen LogP contribution < -0.4 is 10.0 Å². The molecule has 2 N–H and O–H groups in total. The minimum Gasteiger partial charge on any atom is -0.380 e. The fraction of sp³-hybridized carbons (Fsp3) is 0.571. The Morgan fingerprint density at radius 1 is 1.30 bits per heavy atom. The van der Waals surface area contributed by atoms with E-state index in [1.807, 2.05) is 12.1 Å². The van der Waals surface area contributed by atoms with Crippen molar-refractivity contribution < 1.29 is 13.2 Å². The zero-order chi connectivity index (χ0) is 14.4. The molecule has 1 saturated carbocycles. The van der Waals surface area contributed by atoms with Gasteiger partial charge in [0.1, 0.15) is 0 Å². The van der Waals surface area contributed by atoms with Crippen LogP contribution in [0.15, 0.2) is 29.2 Å². The molecule has 1 aliphatic rings. The first kappa shape index (κ1) is 15.4. The van der Waals surface area contributed by atoms with Gasteiger partial charge >= 0.3 is 0 Å². The third kappa shape index (κ3) is 4.56. The minimum absolute atomic E-state index is 0.308. The number of sulfonamides is 1. The van der Waals surface area contributed by atoms with Crippen molar-refractivity contribution in [3.05, 3.63) is 29.8 Å². The van der Waals surface area contributed by atoms with Gasteiger partial charge < -0.3 is 10.1 Å². The smallest absolute Gasteiger partial charge is 0.240 e. The second-order valence-corrected chi connectivity index (χ2v) is 6.79. The monoisotopic (exact) mass is 298 g/mol. The molecule has 0 bridgehead atoms. The molecular formula is C14H22N2O3S. The van der Waals surface area contributed by atoms with Crippen molar-refractivity contribution in [2.75, 3.05) is 26.8 Å². The summed E-state index contributed by atoms with van der Waals surface area (Å²) in [5, 5.41) is 2.98. The van der Waals surface area contributed by atoms with Crippen molar-refractivity contribution >= 4 is 10.0 Å². The van der Waals surface area contributed by atoms with Crippen molar-refractivity contribution in [3.63, 3.8) is 0 Å². The van der Waals surface area contributed by atoms with E-state index >= 15 is 0 Å². The van der Waals surface area contributed by atoms with Gasteiger partial charge in [-0.25, -0.2) is 13.1 Å². The summed E-state index contributed by atoms with van der Waals surface area (Å²) >= 11 is 0. The second-order valence-electron chi connectivity index (χ2n) is 5.05. The average Bonchev–Trinajstić information content (AvgIpc) is 3.23. The highest BCUT2D eigenvalue weighted by Crippen LogP contribution is 2.28. The maximum Gasteiger partial charge on any atom is 0.240 e. The van der Waals surface area contributed by atoms with E-state index in [9.17, 15) is 8.42 Å². The van der Waals surface area contributed by atoms with Crippen LogP contribution in [0.2, 0.25) is 0 Å². The summed E-state index contributed by atoms with van der Waals surface area (Å²) in [6.07, 6.45) is 2.48. The van der Waals surface area contributed by atoms with Gasteiger partial charge in [0.25, 0.3) is 0 Å². The quantitative estimate of drug-likeness (QED) is 0.670. The molecule has 0 aliphatic heterocycles. The number of ether oxygens (including phenoxy) is 1. The Kier molecular flexibility index (Phi) is 5.54. The van der Waals surface area contributed by atoms with Gasteiger partial charge in [-0.3, -0.25) is 0 Å². The molecule has 0 aromatic heterocycles. The van der Waals surface area contributed by atoms with Gasteiger partial charge in [0.05, 0.1) is 11.5 Å². The van der Waals surface area contributed by atoms with Crippen LogP contribution in [0.1, 0.15) is 18.4 Å². The van der Waals surface area contributed by atoms with Crippen molar-refractivity contribution in [3.8, 4) is 0 Å². The molecule has 20 heavy (non-hydrogen) atoms. The number of nitrogens with one attached hydrogen (secondary N) is 2. The molecule has 0 heterocycles. The van der Waals surface area contributed by atoms with E-state index in [4.69, 9.17) is 4.74 Å². The van der Waals surface area contributed by atoms with Gasteiger partial charge in [0, 0.05) is 19.7 Å². The maximum atomic E-state index is 12.2. The van der Waals surface area contributed by atoms with Crippen LogP contribution in [0.25, 0.3) is 0 Å². The van der Waals surface area contributed by atoms with Crippen molar-refractivity contribution in [1.29, 1.82) is 0 Å². The molecule has 2 rings (SSSR count). The van der Waals surface area contributed by atoms with Crippen LogP contribution in [0, 0.1) is 5.92 Å². The predicted octanol–water partition coefficient (Wildman–Crippen LogP) is 1.11. The second kappa shape index (κ2) is 7.17. The Balaban J connectivity index is 1.87. The van der Waals surface area contributed by atoms with E-state index in [1.54, 1.807) is 19.2 Å². The van der Waals surface area contributed by atoms with Gasteiger partial charge in [-0.1, -0.05) is 18.2 Å². The standard InChI is InChI=1S/C14H22N2O3S/c1-15-10-13-4-2-3-5-14(13)20(17,18)16-8-9-19-11-12-6-7-12/h2-5,12,15-16H,6-11H2,1H3. The van der Waals surface area contributed by atoms with Crippen molar-refractivity contribution in [1.82, 2.24) is 10.0 Å². The van der Waals surface area contributed by atoms with E-state index in [-0.39, 0.29) is 0 Å².